The maximum atomic E-state index is 12.3. The number of nitrogens with zero attached hydrogens (tertiary/aromatic N) is 1. The van der Waals surface area contributed by atoms with Crippen LogP contribution < -0.4 is 5.63 Å². The van der Waals surface area contributed by atoms with E-state index in [1.807, 2.05) is 65.4 Å². The minimum absolute atomic E-state index is 0.378. The van der Waals surface area contributed by atoms with Crippen molar-refractivity contribution in [2.24, 2.45) is 0 Å². The molecule has 0 aliphatic heterocycles. The number of benzene rings is 2. The highest BCUT2D eigenvalue weighted by molar-refractivity contribution is 7.71. The molecule has 24 heavy (non-hydrogen) atoms. The van der Waals surface area contributed by atoms with Crippen LogP contribution >= 0.6 is 12.2 Å². The third-order valence-corrected chi connectivity index (χ3v) is 4.25. The van der Waals surface area contributed by atoms with E-state index >= 15 is 0 Å². The summed E-state index contributed by atoms with van der Waals surface area (Å²) in [7, 11) is 0. The Bertz CT molecular complexity index is 1120. The number of nitrogens with one attached hydrogen (secondary N) is 1. The third kappa shape index (κ3) is 2.70. The summed E-state index contributed by atoms with van der Waals surface area (Å²) in [6.07, 6.45) is 1.86. The van der Waals surface area contributed by atoms with Gasteiger partial charge in [-0.15, -0.1) is 0 Å². The number of hydrogen-bond donors (Lipinski definition) is 1. The van der Waals surface area contributed by atoms with Crippen LogP contribution in [0.5, 0.6) is 0 Å². The lowest BCUT2D eigenvalue weighted by Crippen LogP contribution is -2.02. The Morgan fingerprint density at radius 2 is 1.79 bits per heavy atom. The fourth-order valence-corrected chi connectivity index (χ4v) is 2.95. The standard InChI is InChI=1S/C19H14N2O2S/c22-18-15(10-14-8-4-5-9-17(14)23-18)16-12-21(19(24)20-16)11-13-6-2-1-3-7-13/h1-10,12H,11H2,(H,20,24). The van der Waals surface area contributed by atoms with Crippen LogP contribution in [-0.4, -0.2) is 9.55 Å². The van der Waals surface area contributed by atoms with Crippen molar-refractivity contribution in [1.82, 2.24) is 9.55 Å². The van der Waals surface area contributed by atoms with Gasteiger partial charge < -0.3 is 14.0 Å². The molecule has 0 radical (unpaired) electrons. The number of aromatic nitrogens is 2. The van der Waals surface area contributed by atoms with Crippen LogP contribution in [0.2, 0.25) is 0 Å². The smallest absolute Gasteiger partial charge is 0.345 e. The summed E-state index contributed by atoms with van der Waals surface area (Å²) in [5.41, 5.74) is 2.48. The van der Waals surface area contributed by atoms with E-state index < -0.39 is 0 Å². The van der Waals surface area contributed by atoms with Crippen LogP contribution in [0.4, 0.5) is 0 Å². The molecule has 2 aromatic heterocycles. The average Bonchev–Trinajstić information content (AvgIpc) is 2.95. The molecule has 2 heterocycles. The zero-order valence-corrected chi connectivity index (χ0v) is 13.5. The molecule has 0 saturated carbocycles. The van der Waals surface area contributed by atoms with E-state index in [2.05, 4.69) is 4.98 Å². The maximum absolute atomic E-state index is 12.3. The van der Waals surface area contributed by atoms with Gasteiger partial charge in [-0.1, -0.05) is 48.5 Å². The fraction of sp³-hybridized carbons (Fsp3) is 0.0526. The van der Waals surface area contributed by atoms with Gasteiger partial charge in [-0.25, -0.2) is 4.79 Å². The summed E-state index contributed by atoms with van der Waals surface area (Å²) in [6, 6.07) is 19.3. The molecule has 0 bridgehead atoms. The topological polar surface area (TPSA) is 50.9 Å². The first-order valence-corrected chi connectivity index (χ1v) is 7.98. The molecule has 4 rings (SSSR count). The van der Waals surface area contributed by atoms with Crippen LogP contribution in [0, 0.1) is 4.77 Å². The van der Waals surface area contributed by atoms with Crippen molar-refractivity contribution >= 4 is 23.2 Å². The molecule has 0 saturated heterocycles. The molecular weight excluding hydrogens is 320 g/mol. The summed E-state index contributed by atoms with van der Waals surface area (Å²) in [6.45, 7) is 0.648. The van der Waals surface area contributed by atoms with Crippen molar-refractivity contribution in [3.05, 3.63) is 87.6 Å². The van der Waals surface area contributed by atoms with Gasteiger partial charge in [0.15, 0.2) is 4.77 Å². The van der Waals surface area contributed by atoms with Crippen molar-refractivity contribution in [3.8, 4) is 11.3 Å². The molecule has 0 amide bonds. The average molecular weight is 334 g/mol. The summed E-state index contributed by atoms with van der Waals surface area (Å²) in [5, 5.41) is 0.877. The number of fused-ring (bicyclic) bond motifs is 1. The fourth-order valence-electron chi connectivity index (χ4n) is 2.72. The molecular formula is C19H14N2O2S. The van der Waals surface area contributed by atoms with Crippen LogP contribution in [-0.2, 0) is 6.54 Å². The van der Waals surface area contributed by atoms with Gasteiger partial charge in [0.25, 0.3) is 0 Å². The van der Waals surface area contributed by atoms with Crippen molar-refractivity contribution in [2.45, 2.75) is 6.54 Å². The van der Waals surface area contributed by atoms with Gasteiger partial charge in [-0.05, 0) is 29.9 Å². The highest BCUT2D eigenvalue weighted by Crippen LogP contribution is 2.20. The van der Waals surface area contributed by atoms with Crippen molar-refractivity contribution in [2.75, 3.05) is 0 Å². The summed E-state index contributed by atoms with van der Waals surface area (Å²) in [4.78, 5) is 15.4. The predicted molar refractivity (Wildman–Crippen MR) is 96.6 cm³/mol. The van der Waals surface area contributed by atoms with Gasteiger partial charge in [0.05, 0.1) is 11.3 Å². The Balaban J connectivity index is 1.78. The van der Waals surface area contributed by atoms with Crippen molar-refractivity contribution < 1.29 is 4.42 Å². The van der Waals surface area contributed by atoms with E-state index in [4.69, 9.17) is 16.6 Å². The zero-order chi connectivity index (χ0) is 16.5. The lowest BCUT2D eigenvalue weighted by Gasteiger charge is -2.02. The summed E-state index contributed by atoms with van der Waals surface area (Å²) < 4.78 is 7.88. The van der Waals surface area contributed by atoms with Crippen LogP contribution in [0.3, 0.4) is 0 Å². The van der Waals surface area contributed by atoms with Crippen LogP contribution in [0.25, 0.3) is 22.2 Å². The number of hydrogen-bond acceptors (Lipinski definition) is 3. The molecule has 4 nitrogen and oxygen atoms in total. The van der Waals surface area contributed by atoms with Gasteiger partial charge in [-0.2, -0.15) is 0 Å². The summed E-state index contributed by atoms with van der Waals surface area (Å²) >= 11 is 5.39. The Morgan fingerprint density at radius 1 is 1.04 bits per heavy atom. The number of para-hydroxylation sites is 1. The highest BCUT2D eigenvalue weighted by atomic mass is 32.1. The first-order chi connectivity index (χ1) is 11.7. The van der Waals surface area contributed by atoms with Gasteiger partial charge in [0.1, 0.15) is 5.58 Å². The molecule has 0 aliphatic rings. The van der Waals surface area contributed by atoms with Gasteiger partial charge in [-0.3, -0.25) is 0 Å². The second-order valence-electron chi connectivity index (χ2n) is 5.57. The first-order valence-electron chi connectivity index (χ1n) is 7.57. The van der Waals surface area contributed by atoms with Gasteiger partial charge in [0.2, 0.25) is 0 Å². The van der Waals surface area contributed by atoms with Crippen LogP contribution in [0.15, 0.2) is 76.1 Å². The van der Waals surface area contributed by atoms with Gasteiger partial charge in [0, 0.05) is 18.1 Å². The number of H-pyrrole nitrogens is 1. The van der Waals surface area contributed by atoms with Crippen LogP contribution in [0.1, 0.15) is 5.56 Å². The zero-order valence-electron chi connectivity index (χ0n) is 12.7. The Labute approximate surface area is 143 Å². The number of aromatic amines is 1. The molecule has 1 N–H and O–H groups in total. The van der Waals surface area contributed by atoms with E-state index in [0.29, 0.717) is 28.2 Å². The third-order valence-electron chi connectivity index (χ3n) is 3.91. The molecule has 5 heteroatoms. The van der Waals surface area contributed by atoms with Gasteiger partial charge >= 0.3 is 5.63 Å². The monoisotopic (exact) mass is 334 g/mol. The van der Waals surface area contributed by atoms with E-state index in [9.17, 15) is 4.79 Å². The highest BCUT2D eigenvalue weighted by Gasteiger charge is 2.11. The number of imidazole rings is 1. The molecule has 4 aromatic rings. The normalized spacial score (nSPS) is 11.0. The largest absolute Gasteiger partial charge is 0.422 e. The van der Waals surface area contributed by atoms with E-state index in [-0.39, 0.29) is 5.63 Å². The quantitative estimate of drug-likeness (QED) is 0.447. The first kappa shape index (κ1) is 14.7. The lowest BCUT2D eigenvalue weighted by atomic mass is 10.1. The minimum Gasteiger partial charge on any atom is -0.422 e. The molecule has 118 valence electrons. The Hall–Kier alpha value is -2.92. The Kier molecular flexibility index (Phi) is 3.63. The van der Waals surface area contributed by atoms with E-state index in [0.717, 1.165) is 10.9 Å². The molecule has 0 spiro atoms. The van der Waals surface area contributed by atoms with E-state index in [1.54, 1.807) is 6.07 Å². The molecule has 2 aromatic carbocycles. The summed E-state index contributed by atoms with van der Waals surface area (Å²) in [5.74, 6) is 0. The molecule has 0 atom stereocenters. The maximum Gasteiger partial charge on any atom is 0.345 e. The predicted octanol–water partition coefficient (Wildman–Crippen LogP) is 4.37. The van der Waals surface area contributed by atoms with Crippen molar-refractivity contribution in [3.63, 3.8) is 0 Å². The minimum atomic E-state index is -0.378. The number of rotatable bonds is 3. The van der Waals surface area contributed by atoms with E-state index in [1.165, 1.54) is 0 Å². The molecule has 0 aliphatic carbocycles. The second kappa shape index (κ2) is 5.94. The molecule has 0 fully saturated rings. The lowest BCUT2D eigenvalue weighted by molar-refractivity contribution is 0.563. The second-order valence-corrected chi connectivity index (χ2v) is 5.96. The SMILES string of the molecule is O=c1oc2ccccc2cc1-c1cn(Cc2ccccc2)c(=S)[nH]1. The van der Waals surface area contributed by atoms with Crippen molar-refractivity contribution in [1.29, 1.82) is 0 Å². The Morgan fingerprint density at radius 3 is 2.62 bits per heavy atom. The molecule has 0 unspecified atom stereocenters.